The Morgan fingerprint density at radius 1 is 1.32 bits per heavy atom. The van der Waals surface area contributed by atoms with Crippen molar-refractivity contribution in [2.24, 2.45) is 0 Å². The summed E-state index contributed by atoms with van der Waals surface area (Å²) in [6.07, 6.45) is 0.943. The van der Waals surface area contributed by atoms with Crippen LogP contribution in [0.1, 0.15) is 32.6 Å². The molecule has 122 valence electrons. The van der Waals surface area contributed by atoms with E-state index in [9.17, 15) is 23.2 Å². The molecule has 1 unspecified atom stereocenters. The molecule has 5 nitrogen and oxygen atoms in total. The summed E-state index contributed by atoms with van der Waals surface area (Å²) in [5, 5.41) is 0. The average molecular weight is 315 g/mol. The molecule has 1 aliphatic rings. The van der Waals surface area contributed by atoms with Crippen molar-refractivity contribution in [3.05, 3.63) is 24.2 Å². The number of halogens is 2. The van der Waals surface area contributed by atoms with Crippen LogP contribution in [0.15, 0.2) is 24.2 Å². The highest BCUT2D eigenvalue weighted by atomic mass is 19.1. The normalized spacial score (nSPS) is 18.2. The molecule has 0 aliphatic carbocycles. The summed E-state index contributed by atoms with van der Waals surface area (Å²) >= 11 is 0. The molecule has 0 fully saturated rings. The van der Waals surface area contributed by atoms with Gasteiger partial charge in [-0.3, -0.25) is 9.59 Å². The molecular weight excluding hydrogens is 296 g/mol. The third-order valence-electron chi connectivity index (χ3n) is 3.11. The number of nitrogens with zero attached hydrogens (tertiary/aromatic N) is 1. The van der Waals surface area contributed by atoms with Crippen LogP contribution < -0.4 is 0 Å². The second kappa shape index (κ2) is 8.41. The van der Waals surface area contributed by atoms with Gasteiger partial charge in [-0.1, -0.05) is 13.0 Å². The SMILES string of the molecule is C=C(C)C(=O)OCCCCCCN1C=C(F)C(=O)C(F)C1=O. The first-order valence-corrected chi connectivity index (χ1v) is 7.03. The Hall–Kier alpha value is -2.05. The molecule has 0 aromatic rings. The minimum atomic E-state index is -2.44. The van der Waals surface area contributed by atoms with E-state index in [0.29, 0.717) is 24.8 Å². The fourth-order valence-electron chi connectivity index (χ4n) is 1.84. The summed E-state index contributed by atoms with van der Waals surface area (Å²) in [5.74, 6) is -4.11. The molecular formula is C15H19F2NO4. The Morgan fingerprint density at radius 3 is 2.59 bits per heavy atom. The third-order valence-corrected chi connectivity index (χ3v) is 3.11. The van der Waals surface area contributed by atoms with Crippen LogP contribution in [-0.2, 0) is 19.1 Å². The van der Waals surface area contributed by atoms with E-state index in [1.165, 1.54) is 0 Å². The molecule has 0 radical (unpaired) electrons. The molecule has 0 aromatic carbocycles. The fraction of sp³-hybridized carbons (Fsp3) is 0.533. The molecule has 0 aromatic heterocycles. The third kappa shape index (κ3) is 5.05. The highest BCUT2D eigenvalue weighted by Crippen LogP contribution is 2.17. The molecule has 1 rings (SSSR count). The maximum Gasteiger partial charge on any atom is 0.333 e. The highest BCUT2D eigenvalue weighted by Gasteiger charge is 2.37. The van der Waals surface area contributed by atoms with E-state index in [1.807, 2.05) is 0 Å². The zero-order valence-electron chi connectivity index (χ0n) is 12.4. The predicted octanol–water partition coefficient (Wildman–Crippen LogP) is 2.23. The topological polar surface area (TPSA) is 63.7 Å². The zero-order valence-corrected chi connectivity index (χ0v) is 12.4. The molecule has 1 atom stereocenters. The van der Waals surface area contributed by atoms with Crippen molar-refractivity contribution in [3.63, 3.8) is 0 Å². The summed E-state index contributed by atoms with van der Waals surface area (Å²) in [5.41, 5.74) is 0.341. The van der Waals surface area contributed by atoms with Crippen LogP contribution >= 0.6 is 0 Å². The number of ketones is 1. The maximum absolute atomic E-state index is 13.2. The molecule has 0 saturated carbocycles. The predicted molar refractivity (Wildman–Crippen MR) is 75.0 cm³/mol. The lowest BCUT2D eigenvalue weighted by molar-refractivity contribution is -0.142. The fourth-order valence-corrected chi connectivity index (χ4v) is 1.84. The first kappa shape index (κ1) is 18.0. The number of esters is 1. The number of unbranched alkanes of at least 4 members (excludes halogenated alkanes) is 3. The molecule has 1 amide bonds. The van der Waals surface area contributed by atoms with Crippen LogP contribution in [0, 0.1) is 0 Å². The number of Topliss-reactive ketones (excluding diaryl/α,β-unsaturated/α-hetero) is 1. The number of alkyl halides is 1. The molecule has 0 spiro atoms. The van der Waals surface area contributed by atoms with Crippen molar-refractivity contribution in [1.82, 2.24) is 4.90 Å². The van der Waals surface area contributed by atoms with E-state index < -0.39 is 29.7 Å². The van der Waals surface area contributed by atoms with Crippen LogP contribution in [0.2, 0.25) is 0 Å². The summed E-state index contributed by atoms with van der Waals surface area (Å²) in [7, 11) is 0. The van der Waals surface area contributed by atoms with Gasteiger partial charge in [0.25, 0.3) is 5.91 Å². The molecule has 0 saturated heterocycles. The van der Waals surface area contributed by atoms with Gasteiger partial charge < -0.3 is 9.64 Å². The maximum atomic E-state index is 13.2. The van der Waals surface area contributed by atoms with Gasteiger partial charge in [-0.15, -0.1) is 0 Å². The Kier molecular flexibility index (Phi) is 6.88. The van der Waals surface area contributed by atoms with Crippen LogP contribution in [0.3, 0.4) is 0 Å². The lowest BCUT2D eigenvalue weighted by atomic mass is 10.1. The summed E-state index contributed by atoms with van der Waals surface area (Å²) in [6.45, 7) is 5.45. The van der Waals surface area contributed by atoms with Gasteiger partial charge in [-0.05, 0) is 26.2 Å². The Bertz CT molecular complexity index is 502. The number of hydrogen-bond acceptors (Lipinski definition) is 4. The van der Waals surface area contributed by atoms with E-state index in [1.54, 1.807) is 6.92 Å². The Labute approximate surface area is 127 Å². The minimum Gasteiger partial charge on any atom is -0.462 e. The molecule has 7 heteroatoms. The second-order valence-corrected chi connectivity index (χ2v) is 5.07. The minimum absolute atomic E-state index is 0.144. The lowest BCUT2D eigenvalue weighted by Crippen LogP contribution is -2.42. The van der Waals surface area contributed by atoms with Crippen molar-refractivity contribution < 1.29 is 27.9 Å². The van der Waals surface area contributed by atoms with Gasteiger partial charge in [0.05, 0.1) is 6.61 Å². The van der Waals surface area contributed by atoms with Crippen molar-refractivity contribution in [1.29, 1.82) is 0 Å². The van der Waals surface area contributed by atoms with Crippen molar-refractivity contribution >= 4 is 17.7 Å². The van der Waals surface area contributed by atoms with Crippen molar-refractivity contribution in [2.45, 2.75) is 38.8 Å². The van der Waals surface area contributed by atoms with Crippen LogP contribution in [0.25, 0.3) is 0 Å². The van der Waals surface area contributed by atoms with Gasteiger partial charge in [0, 0.05) is 18.3 Å². The Balaban J connectivity index is 2.20. The first-order valence-electron chi connectivity index (χ1n) is 7.03. The smallest absolute Gasteiger partial charge is 0.333 e. The molecule has 1 aliphatic heterocycles. The summed E-state index contributed by atoms with van der Waals surface area (Å²) in [4.78, 5) is 34.3. The number of allylic oxidation sites excluding steroid dienone is 1. The number of hydrogen-bond donors (Lipinski definition) is 0. The first-order chi connectivity index (χ1) is 10.3. The van der Waals surface area contributed by atoms with Gasteiger partial charge in [0.1, 0.15) is 0 Å². The number of carbonyl (C=O) groups is 3. The standard InChI is InChI=1S/C15H19F2NO4/c1-10(2)15(21)22-8-6-4-3-5-7-18-9-11(16)13(19)12(17)14(18)20/h9,12H,1,3-8H2,2H3. The largest absolute Gasteiger partial charge is 0.462 e. The van der Waals surface area contributed by atoms with Gasteiger partial charge >= 0.3 is 5.97 Å². The van der Waals surface area contributed by atoms with Gasteiger partial charge in [-0.25, -0.2) is 13.6 Å². The van der Waals surface area contributed by atoms with Gasteiger partial charge in [0.2, 0.25) is 12.0 Å². The van der Waals surface area contributed by atoms with Gasteiger partial charge in [-0.2, -0.15) is 0 Å². The average Bonchev–Trinajstić information content (AvgIpc) is 2.48. The Morgan fingerprint density at radius 2 is 1.95 bits per heavy atom. The van der Waals surface area contributed by atoms with E-state index in [-0.39, 0.29) is 13.2 Å². The van der Waals surface area contributed by atoms with Crippen molar-refractivity contribution in [2.75, 3.05) is 13.2 Å². The summed E-state index contributed by atoms with van der Waals surface area (Å²) < 4.78 is 31.2. The number of rotatable bonds is 8. The van der Waals surface area contributed by atoms with E-state index in [4.69, 9.17) is 4.74 Å². The monoisotopic (exact) mass is 315 g/mol. The van der Waals surface area contributed by atoms with E-state index in [2.05, 4.69) is 6.58 Å². The zero-order chi connectivity index (χ0) is 16.7. The van der Waals surface area contributed by atoms with Crippen LogP contribution in [0.5, 0.6) is 0 Å². The molecule has 22 heavy (non-hydrogen) atoms. The highest BCUT2D eigenvalue weighted by molar-refractivity contribution is 6.13. The molecule has 0 N–H and O–H groups in total. The summed E-state index contributed by atoms with van der Waals surface area (Å²) in [6, 6.07) is 0. The van der Waals surface area contributed by atoms with Gasteiger partial charge in [0.15, 0.2) is 5.83 Å². The molecule has 0 bridgehead atoms. The van der Waals surface area contributed by atoms with E-state index >= 15 is 0 Å². The number of ether oxygens (including phenoxy) is 1. The van der Waals surface area contributed by atoms with Crippen LogP contribution in [-0.4, -0.2) is 41.9 Å². The lowest BCUT2D eigenvalue weighted by Gasteiger charge is -2.23. The van der Waals surface area contributed by atoms with Crippen molar-refractivity contribution in [3.8, 4) is 0 Å². The number of carbonyl (C=O) groups excluding carboxylic acids is 3. The van der Waals surface area contributed by atoms with E-state index in [0.717, 1.165) is 17.5 Å². The molecule has 1 heterocycles. The van der Waals surface area contributed by atoms with Crippen LogP contribution in [0.4, 0.5) is 8.78 Å². The quantitative estimate of drug-likeness (QED) is 0.298. The number of amides is 1. The second-order valence-electron chi connectivity index (χ2n) is 5.07.